The molecule has 10 nitrogen and oxygen atoms in total. The molecule has 41 heavy (non-hydrogen) atoms. The third kappa shape index (κ3) is 9.61. The lowest BCUT2D eigenvalue weighted by Crippen LogP contribution is -2.54. The number of carbonyl (C=O) groups excluding carboxylic acids is 4. The first-order chi connectivity index (χ1) is 19.5. The number of carbonyl (C=O) groups is 4. The highest BCUT2D eigenvalue weighted by atomic mass is 16.6. The van der Waals surface area contributed by atoms with Crippen molar-refractivity contribution in [2.45, 2.75) is 63.8 Å². The topological polar surface area (TPSA) is 153 Å². The van der Waals surface area contributed by atoms with Crippen LogP contribution in [-0.4, -0.2) is 59.1 Å². The molecule has 1 aromatic heterocycles. The minimum absolute atomic E-state index is 0.0345. The zero-order chi connectivity index (χ0) is 30.0. The number of nitrogens with one attached hydrogen (secondary N) is 3. The summed E-state index contributed by atoms with van der Waals surface area (Å²) in [5.41, 5.74) is 7.56. The average molecular weight is 563 g/mol. The van der Waals surface area contributed by atoms with Crippen molar-refractivity contribution in [3.8, 4) is 0 Å². The number of amides is 2. The van der Waals surface area contributed by atoms with Gasteiger partial charge in [0.05, 0.1) is 6.42 Å². The summed E-state index contributed by atoms with van der Waals surface area (Å²) in [6.45, 7) is 8.68. The fourth-order valence-corrected chi connectivity index (χ4v) is 4.20. The predicted octanol–water partition coefficient (Wildman–Crippen LogP) is 2.71. The first-order valence-corrected chi connectivity index (χ1v) is 13.4. The zero-order valence-corrected chi connectivity index (χ0v) is 23.6. The number of fused-ring (bicyclic) bond motifs is 1. The second-order valence-electron chi connectivity index (χ2n) is 10.7. The molecule has 5 N–H and O–H groups in total. The first-order valence-electron chi connectivity index (χ1n) is 13.4. The van der Waals surface area contributed by atoms with E-state index in [0.717, 1.165) is 22.0 Å². The Labute approximate surface area is 239 Å². The first kappa shape index (κ1) is 31.1. The second kappa shape index (κ2) is 14.3. The van der Waals surface area contributed by atoms with Gasteiger partial charge in [-0.15, -0.1) is 0 Å². The van der Waals surface area contributed by atoms with E-state index in [1.54, 1.807) is 27.0 Å². The molecule has 3 atom stereocenters. The number of aromatic nitrogens is 1. The highest BCUT2D eigenvalue weighted by molar-refractivity contribution is 5.93. The van der Waals surface area contributed by atoms with Gasteiger partial charge in [0.15, 0.2) is 0 Å². The molecule has 2 amide bonds. The number of aromatic amines is 1. The lowest BCUT2D eigenvalue weighted by molar-refractivity contribution is -0.158. The molecule has 0 aliphatic rings. The van der Waals surface area contributed by atoms with Crippen LogP contribution in [0.4, 0.5) is 0 Å². The van der Waals surface area contributed by atoms with Gasteiger partial charge >= 0.3 is 11.9 Å². The molecule has 0 saturated heterocycles. The number of nitrogens with two attached hydrogens (primary N) is 1. The zero-order valence-electron chi connectivity index (χ0n) is 23.6. The van der Waals surface area contributed by atoms with Gasteiger partial charge < -0.3 is 30.8 Å². The second-order valence-corrected chi connectivity index (χ2v) is 10.7. The molecule has 0 saturated carbocycles. The third-order valence-corrected chi connectivity index (χ3v) is 6.09. The monoisotopic (exact) mass is 562 g/mol. The van der Waals surface area contributed by atoms with Crippen molar-refractivity contribution in [3.63, 3.8) is 0 Å². The number of hydrogen-bond acceptors (Lipinski definition) is 7. The Morgan fingerprint density at radius 2 is 1.63 bits per heavy atom. The molecule has 2 aromatic carbocycles. The third-order valence-electron chi connectivity index (χ3n) is 6.09. The Hall–Kier alpha value is -4.44. The number of esters is 2. The van der Waals surface area contributed by atoms with E-state index in [9.17, 15) is 19.2 Å². The summed E-state index contributed by atoms with van der Waals surface area (Å²) in [6, 6.07) is 13.5. The Bertz CT molecular complexity index is 1360. The summed E-state index contributed by atoms with van der Waals surface area (Å²) < 4.78 is 10.5. The Morgan fingerprint density at radius 1 is 0.951 bits per heavy atom. The van der Waals surface area contributed by atoms with Crippen molar-refractivity contribution >= 4 is 34.7 Å². The van der Waals surface area contributed by atoms with Gasteiger partial charge in [-0.05, 0) is 38.0 Å². The number of rotatable bonds is 13. The van der Waals surface area contributed by atoms with Gasteiger partial charge in [-0.2, -0.15) is 0 Å². The van der Waals surface area contributed by atoms with Gasteiger partial charge in [-0.25, -0.2) is 4.79 Å². The fourth-order valence-electron chi connectivity index (χ4n) is 4.20. The van der Waals surface area contributed by atoms with E-state index in [1.807, 2.05) is 54.6 Å². The van der Waals surface area contributed by atoms with Gasteiger partial charge in [0, 0.05) is 29.9 Å². The van der Waals surface area contributed by atoms with Crippen molar-refractivity contribution in [1.82, 2.24) is 15.6 Å². The van der Waals surface area contributed by atoms with E-state index in [4.69, 9.17) is 15.2 Å². The smallest absolute Gasteiger partial charge is 0.329 e. The molecular weight excluding hydrogens is 524 g/mol. The normalized spacial score (nSPS) is 13.5. The molecule has 0 unspecified atom stereocenters. The molecule has 218 valence electrons. The molecule has 3 rings (SSSR count). The summed E-state index contributed by atoms with van der Waals surface area (Å²) in [4.78, 5) is 55.0. The van der Waals surface area contributed by atoms with E-state index < -0.39 is 53.9 Å². The molecule has 0 aliphatic carbocycles. The van der Waals surface area contributed by atoms with Gasteiger partial charge in [-0.1, -0.05) is 61.2 Å². The van der Waals surface area contributed by atoms with E-state index in [0.29, 0.717) is 0 Å². The number of H-pyrrole nitrogens is 1. The van der Waals surface area contributed by atoms with E-state index >= 15 is 0 Å². The van der Waals surface area contributed by atoms with Crippen LogP contribution in [0.5, 0.6) is 0 Å². The molecule has 0 spiro atoms. The number of benzene rings is 2. The number of hydrogen-bond donors (Lipinski definition) is 4. The Morgan fingerprint density at radius 3 is 2.32 bits per heavy atom. The lowest BCUT2D eigenvalue weighted by atomic mass is 10.0. The van der Waals surface area contributed by atoms with Crippen molar-refractivity contribution in [1.29, 1.82) is 0 Å². The van der Waals surface area contributed by atoms with Crippen molar-refractivity contribution in [2.75, 3.05) is 6.61 Å². The molecule has 0 aliphatic heterocycles. The minimum Gasteiger partial charge on any atom is -0.460 e. The number of para-hydroxylation sites is 1. The lowest BCUT2D eigenvalue weighted by Gasteiger charge is -2.26. The molecule has 0 fully saturated rings. The molecule has 0 radical (unpaired) electrons. The minimum atomic E-state index is -1.22. The van der Waals surface area contributed by atoms with Crippen LogP contribution in [0.2, 0.25) is 0 Å². The summed E-state index contributed by atoms with van der Waals surface area (Å²) >= 11 is 0. The van der Waals surface area contributed by atoms with Crippen LogP contribution in [0.3, 0.4) is 0 Å². The number of ether oxygens (including phenoxy) is 2. The van der Waals surface area contributed by atoms with Crippen molar-refractivity contribution in [2.24, 2.45) is 5.73 Å². The van der Waals surface area contributed by atoms with Gasteiger partial charge in [0.25, 0.3) is 0 Å². The summed E-state index contributed by atoms with van der Waals surface area (Å²) in [6.07, 6.45) is 3.07. The Kier molecular flexibility index (Phi) is 10.8. The van der Waals surface area contributed by atoms with E-state index in [1.165, 1.54) is 6.08 Å². The van der Waals surface area contributed by atoms with Crippen molar-refractivity contribution in [3.05, 3.63) is 84.6 Å². The Balaban J connectivity index is 1.84. The fraction of sp³-hybridized carbons (Fsp3) is 0.355. The van der Waals surface area contributed by atoms with Crippen LogP contribution in [0.1, 0.15) is 38.3 Å². The molecule has 1 heterocycles. The predicted molar refractivity (Wildman–Crippen MR) is 156 cm³/mol. The van der Waals surface area contributed by atoms with E-state index in [2.05, 4.69) is 22.2 Å². The van der Waals surface area contributed by atoms with Crippen molar-refractivity contribution < 1.29 is 28.7 Å². The average Bonchev–Trinajstić information content (AvgIpc) is 3.33. The van der Waals surface area contributed by atoms with Crippen LogP contribution in [0.15, 0.2) is 73.4 Å². The van der Waals surface area contributed by atoms with E-state index in [-0.39, 0.29) is 19.4 Å². The molecular formula is C31H38N4O6. The van der Waals surface area contributed by atoms with Crippen LogP contribution >= 0.6 is 0 Å². The maximum atomic E-state index is 13.7. The highest BCUT2D eigenvalue weighted by Crippen LogP contribution is 2.20. The van der Waals surface area contributed by atoms with Gasteiger partial charge in [0.1, 0.15) is 30.3 Å². The highest BCUT2D eigenvalue weighted by Gasteiger charge is 2.31. The quantitative estimate of drug-likeness (QED) is 0.185. The SMILES string of the molecule is C=CCOC(=O)[C@@H](N)CC(=O)N[C@@H](Cc1c[nH]c2ccccc12)C(=O)N[C@@H](Cc1ccccc1)C(=O)OC(C)(C)C. The van der Waals surface area contributed by atoms with Gasteiger partial charge in [-0.3, -0.25) is 14.4 Å². The van der Waals surface area contributed by atoms with Crippen LogP contribution in [0.25, 0.3) is 10.9 Å². The molecule has 10 heteroatoms. The summed E-state index contributed by atoms with van der Waals surface area (Å²) in [5.74, 6) is -2.56. The standard InChI is InChI=1S/C31H38N4O6/c1-5-15-40-29(38)23(32)18-27(36)34-25(17-21-19-33-24-14-10-9-13-22(21)24)28(37)35-26(30(39)41-31(2,3)4)16-20-11-7-6-8-12-20/h5-14,19,23,25-26,33H,1,15-18,32H2,2-4H3,(H,34,36)(H,35,37)/t23-,25-,26-/m0/s1. The summed E-state index contributed by atoms with van der Waals surface area (Å²) in [7, 11) is 0. The van der Waals surface area contributed by atoms with Gasteiger partial charge in [0.2, 0.25) is 11.8 Å². The largest absolute Gasteiger partial charge is 0.460 e. The molecule has 0 bridgehead atoms. The maximum absolute atomic E-state index is 13.7. The summed E-state index contributed by atoms with van der Waals surface area (Å²) in [5, 5.41) is 6.36. The molecule has 3 aromatic rings. The van der Waals surface area contributed by atoms with Crippen LogP contribution < -0.4 is 16.4 Å². The maximum Gasteiger partial charge on any atom is 0.329 e. The van der Waals surface area contributed by atoms with Crippen LogP contribution in [0, 0.1) is 0 Å². The van der Waals surface area contributed by atoms with Crippen LogP contribution in [-0.2, 0) is 41.5 Å².